The van der Waals surface area contributed by atoms with Gasteiger partial charge in [-0.05, 0) is 24.6 Å². The average molecular weight is 350 g/mol. The smallest absolute Gasteiger partial charge is 0.299 e. The van der Waals surface area contributed by atoms with Crippen LogP contribution >= 0.6 is 15.9 Å². The maximum absolute atomic E-state index is 12.0. The molecular formula is C14H12BrN3O3. The molecule has 1 heterocycles. The lowest BCUT2D eigenvalue weighted by Crippen LogP contribution is -2.40. The number of hydrogen-bond donors (Lipinski definition) is 1. The Morgan fingerprint density at radius 3 is 2.81 bits per heavy atom. The lowest BCUT2D eigenvalue weighted by Gasteiger charge is -2.18. The zero-order valence-electron chi connectivity index (χ0n) is 11.3. The standard InChI is InChI=1S/C14H12BrN3O3/c1-8-5-9(15)6-10-12(8)18(14(21)13(10)20)7-11(19)17-4-2-3-16/h5-6H,2,4,7H2,1H3,(H,17,19). The molecule has 0 bridgehead atoms. The molecular weight excluding hydrogens is 338 g/mol. The summed E-state index contributed by atoms with van der Waals surface area (Å²) in [4.78, 5) is 36.9. The Balaban J connectivity index is 2.23. The van der Waals surface area contributed by atoms with E-state index in [1.165, 1.54) is 4.90 Å². The number of nitriles is 1. The van der Waals surface area contributed by atoms with Gasteiger partial charge in [-0.15, -0.1) is 0 Å². The number of carbonyl (C=O) groups excluding carboxylic acids is 3. The summed E-state index contributed by atoms with van der Waals surface area (Å²) in [5, 5.41) is 10.9. The third-order valence-electron chi connectivity index (χ3n) is 3.08. The molecule has 0 fully saturated rings. The van der Waals surface area contributed by atoms with E-state index in [1.807, 2.05) is 6.07 Å². The van der Waals surface area contributed by atoms with Crippen LogP contribution in [0.25, 0.3) is 0 Å². The number of ketones is 1. The third-order valence-corrected chi connectivity index (χ3v) is 3.54. The number of anilines is 1. The molecule has 0 aromatic heterocycles. The molecule has 1 aliphatic rings. The molecule has 108 valence electrons. The predicted octanol–water partition coefficient (Wildman–Crippen LogP) is 1.32. The van der Waals surface area contributed by atoms with Gasteiger partial charge in [-0.25, -0.2) is 0 Å². The van der Waals surface area contributed by atoms with Crippen molar-refractivity contribution in [2.45, 2.75) is 13.3 Å². The van der Waals surface area contributed by atoms with E-state index in [9.17, 15) is 14.4 Å². The highest BCUT2D eigenvalue weighted by atomic mass is 79.9. The Kier molecular flexibility index (Phi) is 4.38. The highest BCUT2D eigenvalue weighted by Gasteiger charge is 2.38. The Morgan fingerprint density at radius 1 is 1.43 bits per heavy atom. The van der Waals surface area contributed by atoms with Crippen LogP contribution in [-0.2, 0) is 9.59 Å². The maximum atomic E-state index is 12.0. The van der Waals surface area contributed by atoms with Gasteiger partial charge in [0.1, 0.15) is 6.54 Å². The van der Waals surface area contributed by atoms with Crippen molar-refractivity contribution in [2.24, 2.45) is 0 Å². The molecule has 0 radical (unpaired) electrons. The fourth-order valence-corrected chi connectivity index (χ4v) is 2.79. The van der Waals surface area contributed by atoms with E-state index in [0.29, 0.717) is 15.7 Å². The van der Waals surface area contributed by atoms with E-state index in [0.717, 1.165) is 5.56 Å². The number of amides is 2. The first-order chi connectivity index (χ1) is 9.95. The highest BCUT2D eigenvalue weighted by molar-refractivity contribution is 9.10. The van der Waals surface area contributed by atoms with Crippen LogP contribution in [0.1, 0.15) is 22.3 Å². The summed E-state index contributed by atoms with van der Waals surface area (Å²) in [6.45, 7) is 1.76. The molecule has 0 aliphatic carbocycles. The van der Waals surface area contributed by atoms with Crippen molar-refractivity contribution in [3.05, 3.63) is 27.7 Å². The van der Waals surface area contributed by atoms with Gasteiger partial charge in [-0.1, -0.05) is 15.9 Å². The van der Waals surface area contributed by atoms with Gasteiger partial charge in [-0.3, -0.25) is 19.3 Å². The zero-order chi connectivity index (χ0) is 15.6. The summed E-state index contributed by atoms with van der Waals surface area (Å²) >= 11 is 3.28. The van der Waals surface area contributed by atoms with Gasteiger partial charge in [0.2, 0.25) is 5.91 Å². The monoisotopic (exact) mass is 349 g/mol. The summed E-state index contributed by atoms with van der Waals surface area (Å²) in [6.07, 6.45) is 0.196. The zero-order valence-corrected chi connectivity index (χ0v) is 12.9. The number of halogens is 1. The second kappa shape index (κ2) is 6.06. The van der Waals surface area contributed by atoms with Crippen molar-refractivity contribution in [1.29, 1.82) is 5.26 Å². The Hall–Kier alpha value is -2.20. The van der Waals surface area contributed by atoms with Crippen molar-refractivity contribution in [2.75, 3.05) is 18.0 Å². The molecule has 1 aliphatic heterocycles. The van der Waals surface area contributed by atoms with Crippen LogP contribution in [0.3, 0.4) is 0 Å². The summed E-state index contributed by atoms with van der Waals surface area (Å²) in [6, 6.07) is 5.27. The lowest BCUT2D eigenvalue weighted by molar-refractivity contribution is -0.122. The largest absolute Gasteiger partial charge is 0.354 e. The fraction of sp³-hybridized carbons (Fsp3) is 0.286. The predicted molar refractivity (Wildman–Crippen MR) is 78.8 cm³/mol. The average Bonchev–Trinajstić information content (AvgIpc) is 2.64. The topological polar surface area (TPSA) is 90.3 Å². The minimum Gasteiger partial charge on any atom is -0.354 e. The van der Waals surface area contributed by atoms with E-state index in [-0.39, 0.29) is 19.5 Å². The molecule has 1 N–H and O–H groups in total. The van der Waals surface area contributed by atoms with Gasteiger partial charge in [0.25, 0.3) is 11.7 Å². The van der Waals surface area contributed by atoms with Gasteiger partial charge in [0.15, 0.2) is 0 Å². The van der Waals surface area contributed by atoms with E-state index in [2.05, 4.69) is 21.2 Å². The normalized spacial score (nSPS) is 13.1. The molecule has 2 amide bonds. The quantitative estimate of drug-likeness (QED) is 0.655. The van der Waals surface area contributed by atoms with Crippen LogP contribution in [0.5, 0.6) is 0 Å². The van der Waals surface area contributed by atoms with E-state index in [4.69, 9.17) is 5.26 Å². The van der Waals surface area contributed by atoms with Crippen molar-refractivity contribution >= 4 is 39.2 Å². The Bertz CT molecular complexity index is 679. The second-order valence-corrected chi connectivity index (χ2v) is 5.51. The number of Topliss-reactive ketones (excluding diaryl/α,β-unsaturated/α-hetero) is 1. The van der Waals surface area contributed by atoms with Crippen LogP contribution in [0.2, 0.25) is 0 Å². The van der Waals surface area contributed by atoms with Crippen LogP contribution in [0.15, 0.2) is 16.6 Å². The van der Waals surface area contributed by atoms with Crippen LogP contribution in [0.4, 0.5) is 5.69 Å². The van der Waals surface area contributed by atoms with Crippen LogP contribution in [-0.4, -0.2) is 30.7 Å². The number of carbonyl (C=O) groups is 3. The summed E-state index contributed by atoms with van der Waals surface area (Å²) in [7, 11) is 0. The number of benzene rings is 1. The number of rotatable bonds is 4. The van der Waals surface area contributed by atoms with E-state index >= 15 is 0 Å². The van der Waals surface area contributed by atoms with Crippen molar-refractivity contribution in [3.63, 3.8) is 0 Å². The first kappa shape index (κ1) is 15.2. The van der Waals surface area contributed by atoms with Gasteiger partial charge >= 0.3 is 0 Å². The number of aryl methyl sites for hydroxylation is 1. The number of fused-ring (bicyclic) bond motifs is 1. The minimum absolute atomic E-state index is 0.196. The molecule has 21 heavy (non-hydrogen) atoms. The molecule has 6 nitrogen and oxygen atoms in total. The fourth-order valence-electron chi connectivity index (χ4n) is 2.21. The summed E-state index contributed by atoms with van der Waals surface area (Å²) < 4.78 is 0.709. The molecule has 7 heteroatoms. The summed E-state index contributed by atoms with van der Waals surface area (Å²) in [5.41, 5.74) is 1.52. The molecule has 1 aromatic carbocycles. The van der Waals surface area contributed by atoms with Gasteiger partial charge in [-0.2, -0.15) is 5.26 Å². The van der Waals surface area contributed by atoms with E-state index in [1.54, 1.807) is 19.1 Å². The number of nitrogens with one attached hydrogen (secondary N) is 1. The number of hydrogen-bond acceptors (Lipinski definition) is 4. The first-order valence-corrected chi connectivity index (χ1v) is 7.05. The second-order valence-electron chi connectivity index (χ2n) is 4.60. The third kappa shape index (κ3) is 2.95. The lowest BCUT2D eigenvalue weighted by atomic mass is 10.1. The van der Waals surface area contributed by atoms with Crippen molar-refractivity contribution < 1.29 is 14.4 Å². The number of nitrogens with zero attached hydrogens (tertiary/aromatic N) is 2. The first-order valence-electron chi connectivity index (χ1n) is 6.25. The highest BCUT2D eigenvalue weighted by Crippen LogP contribution is 2.34. The molecule has 0 unspecified atom stereocenters. The van der Waals surface area contributed by atoms with E-state index < -0.39 is 17.6 Å². The molecule has 0 spiro atoms. The van der Waals surface area contributed by atoms with Gasteiger partial charge in [0, 0.05) is 11.0 Å². The Morgan fingerprint density at radius 2 is 2.14 bits per heavy atom. The molecule has 1 aromatic rings. The maximum Gasteiger partial charge on any atom is 0.299 e. The van der Waals surface area contributed by atoms with Gasteiger partial charge < -0.3 is 5.32 Å². The summed E-state index contributed by atoms with van der Waals surface area (Å²) in [5.74, 6) is -1.72. The molecule has 0 atom stereocenters. The van der Waals surface area contributed by atoms with Crippen LogP contribution in [0, 0.1) is 18.3 Å². The molecule has 0 saturated heterocycles. The van der Waals surface area contributed by atoms with Crippen LogP contribution < -0.4 is 10.2 Å². The van der Waals surface area contributed by atoms with Crippen molar-refractivity contribution in [3.8, 4) is 6.07 Å². The van der Waals surface area contributed by atoms with Gasteiger partial charge in [0.05, 0.1) is 23.7 Å². The molecule has 0 saturated carbocycles. The molecule has 2 rings (SSSR count). The minimum atomic E-state index is -0.707. The van der Waals surface area contributed by atoms with Crippen molar-refractivity contribution in [1.82, 2.24) is 5.32 Å². The SMILES string of the molecule is Cc1cc(Br)cc2c1N(CC(=O)NCCC#N)C(=O)C2=O. The Labute approximate surface area is 129 Å².